The van der Waals surface area contributed by atoms with Crippen LogP contribution in [0.5, 0.6) is 0 Å². The van der Waals surface area contributed by atoms with Crippen LogP contribution in [0.15, 0.2) is 57.9 Å². The minimum Gasteiger partial charge on any atom is -0.548 e. The van der Waals surface area contributed by atoms with Gasteiger partial charge in [-0.2, -0.15) is 0 Å². The van der Waals surface area contributed by atoms with E-state index in [0.717, 1.165) is 22.1 Å². The molecule has 0 saturated carbocycles. The first-order chi connectivity index (χ1) is 12.0. The Hall–Kier alpha value is -2.88. The van der Waals surface area contributed by atoms with Crippen molar-refractivity contribution in [3.05, 3.63) is 65.0 Å². The third kappa shape index (κ3) is 3.48. The standard InChI is InChI=1S/C21H21NO3/c1-4-17(21(23)24)22-18-12-19(15-8-6-5-7-9-15)25-20-11-14(3)13(2)10-16(18)20/h5-12,17H,4H2,1-3H3,(H,23,24)/p-1/t17-/m1/s1. The van der Waals surface area contributed by atoms with Crippen LogP contribution in [0.2, 0.25) is 0 Å². The van der Waals surface area contributed by atoms with Crippen LogP contribution in [0, 0.1) is 13.8 Å². The average Bonchev–Trinajstić information content (AvgIpc) is 2.61. The Kier molecular flexibility index (Phi) is 4.70. The number of carbonyl (C=O) groups is 1. The molecule has 4 nitrogen and oxygen atoms in total. The van der Waals surface area contributed by atoms with E-state index in [0.29, 0.717) is 23.1 Å². The Morgan fingerprint density at radius 2 is 1.80 bits per heavy atom. The maximum atomic E-state index is 11.3. The molecule has 0 aliphatic carbocycles. The van der Waals surface area contributed by atoms with Crippen molar-refractivity contribution in [1.82, 2.24) is 0 Å². The fourth-order valence-electron chi connectivity index (χ4n) is 2.75. The number of aliphatic carboxylic acids is 1. The van der Waals surface area contributed by atoms with Crippen molar-refractivity contribution < 1.29 is 14.3 Å². The molecule has 1 atom stereocenters. The first kappa shape index (κ1) is 17.0. The van der Waals surface area contributed by atoms with Gasteiger partial charge in [-0.25, -0.2) is 0 Å². The van der Waals surface area contributed by atoms with E-state index in [4.69, 9.17) is 4.42 Å². The van der Waals surface area contributed by atoms with E-state index >= 15 is 0 Å². The Bertz CT molecular complexity index is 987. The molecule has 3 aromatic rings. The van der Waals surface area contributed by atoms with Crippen LogP contribution in [0.25, 0.3) is 22.3 Å². The number of rotatable bonds is 4. The molecule has 4 heteroatoms. The van der Waals surface area contributed by atoms with Gasteiger partial charge in [-0.1, -0.05) is 37.3 Å². The Morgan fingerprint density at radius 3 is 2.44 bits per heavy atom. The molecule has 0 saturated heterocycles. The van der Waals surface area contributed by atoms with Crippen LogP contribution >= 0.6 is 0 Å². The highest BCUT2D eigenvalue weighted by Gasteiger charge is 2.10. The van der Waals surface area contributed by atoms with Crippen LogP contribution in [0.1, 0.15) is 24.5 Å². The van der Waals surface area contributed by atoms with Gasteiger partial charge in [-0.3, -0.25) is 4.99 Å². The molecule has 0 aliphatic heterocycles. The molecule has 0 aliphatic rings. The van der Waals surface area contributed by atoms with Crippen LogP contribution in [0.4, 0.5) is 0 Å². The van der Waals surface area contributed by atoms with Gasteiger partial charge in [0.1, 0.15) is 11.3 Å². The van der Waals surface area contributed by atoms with Gasteiger partial charge >= 0.3 is 0 Å². The van der Waals surface area contributed by atoms with Gasteiger partial charge in [0.15, 0.2) is 0 Å². The van der Waals surface area contributed by atoms with E-state index in [-0.39, 0.29) is 0 Å². The monoisotopic (exact) mass is 334 g/mol. The normalized spacial score (nSPS) is 13.2. The highest BCUT2D eigenvalue weighted by Crippen LogP contribution is 2.24. The number of hydrogen-bond donors (Lipinski definition) is 0. The second-order valence-corrected chi connectivity index (χ2v) is 6.17. The maximum Gasteiger partial charge on any atom is 0.137 e. The second-order valence-electron chi connectivity index (χ2n) is 6.17. The van der Waals surface area contributed by atoms with Crippen molar-refractivity contribution in [3.8, 4) is 11.3 Å². The molecule has 0 unspecified atom stereocenters. The number of aryl methyl sites for hydroxylation is 2. The number of carboxylic acids is 1. The van der Waals surface area contributed by atoms with Gasteiger partial charge in [-0.05, 0) is 43.5 Å². The Labute approximate surface area is 146 Å². The first-order valence-corrected chi connectivity index (χ1v) is 8.35. The smallest absolute Gasteiger partial charge is 0.137 e. The van der Waals surface area contributed by atoms with Gasteiger partial charge in [0.25, 0.3) is 0 Å². The summed E-state index contributed by atoms with van der Waals surface area (Å²) in [6.07, 6.45) is 0.376. The molecule has 0 radical (unpaired) electrons. The highest BCUT2D eigenvalue weighted by atomic mass is 16.4. The third-order valence-corrected chi connectivity index (χ3v) is 4.37. The average molecular weight is 334 g/mol. The maximum absolute atomic E-state index is 11.3. The van der Waals surface area contributed by atoms with Crippen LogP contribution < -0.4 is 10.5 Å². The zero-order chi connectivity index (χ0) is 18.0. The van der Waals surface area contributed by atoms with E-state index in [1.54, 1.807) is 13.0 Å². The van der Waals surface area contributed by atoms with Crippen LogP contribution in [0.3, 0.4) is 0 Å². The molecule has 1 heterocycles. The van der Waals surface area contributed by atoms with E-state index in [1.165, 1.54) is 0 Å². The molecule has 0 amide bonds. The zero-order valence-corrected chi connectivity index (χ0v) is 14.6. The fourth-order valence-corrected chi connectivity index (χ4v) is 2.75. The van der Waals surface area contributed by atoms with E-state index < -0.39 is 12.0 Å². The SMILES string of the molecule is CC[C@@H](N=c1cc(-c2ccccc2)oc2cc(C)c(C)cc12)C(=O)[O-]. The van der Waals surface area contributed by atoms with Crippen molar-refractivity contribution >= 4 is 16.9 Å². The largest absolute Gasteiger partial charge is 0.548 e. The minimum absolute atomic E-state index is 0.376. The lowest BCUT2D eigenvalue weighted by molar-refractivity contribution is -0.307. The number of fused-ring (bicyclic) bond motifs is 1. The number of carbonyl (C=O) groups excluding carboxylic acids is 1. The van der Waals surface area contributed by atoms with E-state index in [2.05, 4.69) is 4.99 Å². The molecule has 3 rings (SSSR count). The van der Waals surface area contributed by atoms with Gasteiger partial charge in [-0.15, -0.1) is 0 Å². The molecule has 0 N–H and O–H groups in total. The lowest BCUT2D eigenvalue weighted by atomic mass is 10.1. The molecule has 0 spiro atoms. The summed E-state index contributed by atoms with van der Waals surface area (Å²) in [4.78, 5) is 15.8. The molecule has 0 fully saturated rings. The van der Waals surface area contributed by atoms with E-state index in [9.17, 15) is 9.90 Å². The zero-order valence-electron chi connectivity index (χ0n) is 14.6. The van der Waals surface area contributed by atoms with Gasteiger partial charge in [0, 0.05) is 17.0 Å². The summed E-state index contributed by atoms with van der Waals surface area (Å²) < 4.78 is 6.08. The van der Waals surface area contributed by atoms with Crippen molar-refractivity contribution in [1.29, 1.82) is 0 Å². The molecule has 1 aromatic heterocycles. The topological polar surface area (TPSA) is 65.6 Å². The number of nitrogens with zero attached hydrogens (tertiary/aromatic N) is 1. The summed E-state index contributed by atoms with van der Waals surface area (Å²) in [7, 11) is 0. The van der Waals surface area contributed by atoms with Crippen molar-refractivity contribution in [2.75, 3.05) is 0 Å². The van der Waals surface area contributed by atoms with Crippen molar-refractivity contribution in [3.63, 3.8) is 0 Å². The predicted octanol–water partition coefficient (Wildman–Crippen LogP) is 3.15. The summed E-state index contributed by atoms with van der Waals surface area (Å²) >= 11 is 0. The molecule has 128 valence electrons. The van der Waals surface area contributed by atoms with Gasteiger partial charge in [0.05, 0.1) is 17.4 Å². The molecule has 25 heavy (non-hydrogen) atoms. The fraction of sp³-hybridized carbons (Fsp3) is 0.238. The molecule has 0 bridgehead atoms. The predicted molar refractivity (Wildman–Crippen MR) is 95.8 cm³/mol. The van der Waals surface area contributed by atoms with Crippen LogP contribution in [-0.2, 0) is 4.79 Å². The summed E-state index contributed by atoms with van der Waals surface area (Å²) in [5.74, 6) is -0.509. The Morgan fingerprint density at radius 1 is 1.12 bits per heavy atom. The van der Waals surface area contributed by atoms with Gasteiger partial charge in [0.2, 0.25) is 0 Å². The summed E-state index contributed by atoms with van der Waals surface area (Å²) in [6.45, 7) is 5.82. The summed E-state index contributed by atoms with van der Waals surface area (Å²) in [5.41, 5.74) is 3.82. The minimum atomic E-state index is -1.17. The lowest BCUT2D eigenvalue weighted by Gasteiger charge is -2.12. The van der Waals surface area contributed by atoms with Gasteiger partial charge < -0.3 is 14.3 Å². The highest BCUT2D eigenvalue weighted by molar-refractivity contribution is 5.80. The molecular formula is C21H20NO3-. The lowest BCUT2D eigenvalue weighted by Crippen LogP contribution is -2.35. The molecular weight excluding hydrogens is 314 g/mol. The van der Waals surface area contributed by atoms with Crippen molar-refractivity contribution in [2.24, 2.45) is 4.99 Å². The number of carboxylic acid groups (broad SMARTS) is 1. The first-order valence-electron chi connectivity index (χ1n) is 8.35. The van der Waals surface area contributed by atoms with Crippen LogP contribution in [-0.4, -0.2) is 12.0 Å². The molecule has 2 aromatic carbocycles. The number of hydrogen-bond acceptors (Lipinski definition) is 4. The van der Waals surface area contributed by atoms with Crippen molar-refractivity contribution in [2.45, 2.75) is 33.2 Å². The summed E-state index contributed by atoms with van der Waals surface area (Å²) in [5, 5.41) is 12.7. The Balaban J connectivity index is 2.34. The third-order valence-electron chi connectivity index (χ3n) is 4.37. The van der Waals surface area contributed by atoms with E-state index in [1.807, 2.05) is 56.3 Å². The quantitative estimate of drug-likeness (QED) is 0.736. The number of benzene rings is 2. The summed E-state index contributed by atoms with van der Waals surface area (Å²) in [6, 6.07) is 14.6. The second kappa shape index (κ2) is 6.93.